The number of imidazole rings is 1. The van der Waals surface area contributed by atoms with Crippen molar-refractivity contribution in [3.63, 3.8) is 0 Å². The van der Waals surface area contributed by atoms with Gasteiger partial charge in [-0.15, -0.1) is 0 Å². The molecule has 2 aliphatic rings. The number of nitrogens with zero attached hydrogens (tertiary/aromatic N) is 4. The van der Waals surface area contributed by atoms with Gasteiger partial charge in [-0.3, -0.25) is 9.80 Å². The van der Waals surface area contributed by atoms with Crippen LogP contribution in [0.4, 0.5) is 0 Å². The van der Waals surface area contributed by atoms with Gasteiger partial charge in [0.2, 0.25) is 0 Å². The van der Waals surface area contributed by atoms with Crippen molar-refractivity contribution in [2.45, 2.75) is 57.2 Å². The third-order valence-corrected chi connectivity index (χ3v) is 5.42. The van der Waals surface area contributed by atoms with Crippen molar-refractivity contribution in [3.05, 3.63) is 18.2 Å². The van der Waals surface area contributed by atoms with E-state index in [0.717, 1.165) is 51.4 Å². The SMILES string of the molecule is C[C@H]1CN(CC2(O)CCCCC2)CCN1Cc1nccn1C. The Hall–Kier alpha value is -0.910. The first-order valence-corrected chi connectivity index (χ1v) is 8.71. The van der Waals surface area contributed by atoms with Crippen LogP contribution in [0.15, 0.2) is 12.4 Å². The fourth-order valence-electron chi connectivity index (χ4n) is 3.96. The Morgan fingerprint density at radius 1 is 1.27 bits per heavy atom. The van der Waals surface area contributed by atoms with Gasteiger partial charge in [-0.05, 0) is 19.8 Å². The summed E-state index contributed by atoms with van der Waals surface area (Å²) in [5.41, 5.74) is -0.431. The molecule has 1 saturated carbocycles. The lowest BCUT2D eigenvalue weighted by atomic mass is 9.84. The number of hydrogen-bond acceptors (Lipinski definition) is 4. The molecule has 0 amide bonds. The van der Waals surface area contributed by atoms with Crippen LogP contribution in [-0.2, 0) is 13.6 Å². The van der Waals surface area contributed by atoms with Crippen LogP contribution in [0.5, 0.6) is 0 Å². The molecule has 0 bridgehead atoms. The van der Waals surface area contributed by atoms with Gasteiger partial charge in [0.25, 0.3) is 0 Å². The number of rotatable bonds is 4. The Morgan fingerprint density at radius 3 is 2.68 bits per heavy atom. The van der Waals surface area contributed by atoms with Crippen LogP contribution < -0.4 is 0 Å². The first-order chi connectivity index (χ1) is 10.6. The molecule has 0 radical (unpaired) electrons. The molecule has 0 aromatic carbocycles. The average molecular weight is 306 g/mol. The van der Waals surface area contributed by atoms with Gasteiger partial charge in [0.1, 0.15) is 5.82 Å². The summed E-state index contributed by atoms with van der Waals surface area (Å²) < 4.78 is 2.10. The van der Waals surface area contributed by atoms with Gasteiger partial charge in [0, 0.05) is 51.7 Å². The Labute approximate surface area is 133 Å². The highest BCUT2D eigenvalue weighted by Gasteiger charge is 2.34. The lowest BCUT2D eigenvalue weighted by Gasteiger charge is -2.43. The van der Waals surface area contributed by atoms with Crippen molar-refractivity contribution < 1.29 is 5.11 Å². The van der Waals surface area contributed by atoms with Gasteiger partial charge in [-0.2, -0.15) is 0 Å². The summed E-state index contributed by atoms with van der Waals surface area (Å²) in [5, 5.41) is 10.8. The van der Waals surface area contributed by atoms with Gasteiger partial charge in [0.15, 0.2) is 0 Å². The molecule has 1 N–H and O–H groups in total. The second-order valence-corrected chi connectivity index (χ2v) is 7.29. The van der Waals surface area contributed by atoms with E-state index in [1.165, 1.54) is 19.3 Å². The first kappa shape index (κ1) is 16.0. The fraction of sp³-hybridized carbons (Fsp3) is 0.824. The van der Waals surface area contributed by atoms with Gasteiger partial charge in [-0.1, -0.05) is 19.3 Å². The summed E-state index contributed by atoms with van der Waals surface area (Å²) in [7, 11) is 2.06. The number of β-amino-alcohol motifs (C(OH)–C–C–N with tert-alkyl or cyclic N) is 1. The zero-order valence-corrected chi connectivity index (χ0v) is 14.0. The van der Waals surface area contributed by atoms with Crippen molar-refractivity contribution in [2.75, 3.05) is 26.2 Å². The molecule has 1 aromatic rings. The minimum Gasteiger partial charge on any atom is -0.389 e. The maximum atomic E-state index is 10.8. The van der Waals surface area contributed by atoms with E-state index < -0.39 is 5.60 Å². The van der Waals surface area contributed by atoms with Crippen LogP contribution in [0.1, 0.15) is 44.9 Å². The van der Waals surface area contributed by atoms with E-state index in [-0.39, 0.29) is 0 Å². The second kappa shape index (κ2) is 6.69. The summed E-state index contributed by atoms with van der Waals surface area (Å²) in [4.78, 5) is 9.40. The topological polar surface area (TPSA) is 44.5 Å². The van der Waals surface area contributed by atoms with Crippen molar-refractivity contribution in [1.29, 1.82) is 0 Å². The van der Waals surface area contributed by atoms with Gasteiger partial charge in [-0.25, -0.2) is 4.98 Å². The molecule has 2 fully saturated rings. The summed E-state index contributed by atoms with van der Waals surface area (Å²) in [5.74, 6) is 1.13. The average Bonchev–Trinajstić information content (AvgIpc) is 2.88. The van der Waals surface area contributed by atoms with E-state index in [0.29, 0.717) is 6.04 Å². The summed E-state index contributed by atoms with van der Waals surface area (Å²) >= 11 is 0. The van der Waals surface area contributed by atoms with Crippen molar-refractivity contribution in [2.24, 2.45) is 7.05 Å². The molecule has 124 valence electrons. The van der Waals surface area contributed by atoms with E-state index >= 15 is 0 Å². The normalized spacial score (nSPS) is 27.1. The third-order valence-electron chi connectivity index (χ3n) is 5.42. The molecule has 1 atom stereocenters. The molecule has 1 aliphatic carbocycles. The number of aromatic nitrogens is 2. The molecule has 1 saturated heterocycles. The lowest BCUT2D eigenvalue weighted by Crippen LogP contribution is -2.55. The molecule has 5 nitrogen and oxygen atoms in total. The molecule has 1 aromatic heterocycles. The predicted molar refractivity (Wildman–Crippen MR) is 87.6 cm³/mol. The van der Waals surface area contributed by atoms with Gasteiger partial charge in [0.05, 0.1) is 12.1 Å². The Kier molecular flexibility index (Phi) is 4.85. The quantitative estimate of drug-likeness (QED) is 0.918. The monoisotopic (exact) mass is 306 g/mol. The van der Waals surface area contributed by atoms with Gasteiger partial charge < -0.3 is 9.67 Å². The van der Waals surface area contributed by atoms with Crippen molar-refractivity contribution in [3.8, 4) is 0 Å². The van der Waals surface area contributed by atoms with Crippen molar-refractivity contribution >= 4 is 0 Å². The largest absolute Gasteiger partial charge is 0.389 e. The zero-order chi connectivity index (χ0) is 15.6. The number of hydrogen-bond donors (Lipinski definition) is 1. The highest BCUT2D eigenvalue weighted by Crippen LogP contribution is 2.29. The number of piperazine rings is 1. The molecule has 1 aliphatic heterocycles. The van der Waals surface area contributed by atoms with E-state index in [1.807, 2.05) is 12.4 Å². The van der Waals surface area contributed by atoms with Crippen LogP contribution in [0.3, 0.4) is 0 Å². The summed E-state index contributed by atoms with van der Waals surface area (Å²) in [6.07, 6.45) is 9.50. The second-order valence-electron chi connectivity index (χ2n) is 7.29. The highest BCUT2D eigenvalue weighted by molar-refractivity contribution is 4.94. The van der Waals surface area contributed by atoms with Gasteiger partial charge >= 0.3 is 0 Å². The molecule has 0 spiro atoms. The summed E-state index contributed by atoms with van der Waals surface area (Å²) in [6, 6.07) is 0.512. The number of aliphatic hydroxyl groups is 1. The first-order valence-electron chi connectivity index (χ1n) is 8.71. The lowest BCUT2D eigenvalue weighted by molar-refractivity contribution is -0.0434. The standard InChI is InChI=1S/C17H30N4O/c1-15-12-20(14-17(22)6-4-3-5-7-17)10-11-21(15)13-16-18-8-9-19(16)2/h8-9,15,22H,3-7,10-14H2,1-2H3/t15-/m0/s1. The minimum absolute atomic E-state index is 0.431. The smallest absolute Gasteiger partial charge is 0.122 e. The van der Waals surface area contributed by atoms with Crippen LogP contribution in [-0.4, -0.2) is 62.3 Å². The van der Waals surface area contributed by atoms with E-state index in [2.05, 4.69) is 33.3 Å². The van der Waals surface area contributed by atoms with Crippen molar-refractivity contribution in [1.82, 2.24) is 19.4 Å². The fourth-order valence-corrected chi connectivity index (χ4v) is 3.96. The highest BCUT2D eigenvalue weighted by atomic mass is 16.3. The molecule has 22 heavy (non-hydrogen) atoms. The minimum atomic E-state index is -0.431. The predicted octanol–water partition coefficient (Wildman–Crippen LogP) is 1.62. The molecular formula is C17H30N4O. The summed E-state index contributed by atoms with van der Waals surface area (Å²) in [6.45, 7) is 7.23. The van der Waals surface area contributed by atoms with E-state index in [9.17, 15) is 5.11 Å². The Balaban J connectivity index is 1.52. The molecule has 5 heteroatoms. The van der Waals surface area contributed by atoms with Crippen LogP contribution in [0, 0.1) is 0 Å². The van der Waals surface area contributed by atoms with E-state index in [4.69, 9.17) is 0 Å². The molecular weight excluding hydrogens is 276 g/mol. The Morgan fingerprint density at radius 2 is 2.05 bits per heavy atom. The zero-order valence-electron chi connectivity index (χ0n) is 14.0. The molecule has 3 rings (SSSR count). The molecule has 0 unspecified atom stereocenters. The Bertz CT molecular complexity index is 481. The van der Waals surface area contributed by atoms with Crippen LogP contribution >= 0.6 is 0 Å². The van der Waals surface area contributed by atoms with Crippen LogP contribution in [0.25, 0.3) is 0 Å². The third kappa shape index (κ3) is 3.70. The van der Waals surface area contributed by atoms with E-state index in [1.54, 1.807) is 0 Å². The van der Waals surface area contributed by atoms with Crippen LogP contribution in [0.2, 0.25) is 0 Å². The molecule has 2 heterocycles. The number of aryl methyl sites for hydroxylation is 1. The maximum absolute atomic E-state index is 10.8. The maximum Gasteiger partial charge on any atom is 0.122 e.